The van der Waals surface area contributed by atoms with Gasteiger partial charge in [-0.25, -0.2) is 0 Å². The van der Waals surface area contributed by atoms with Crippen LogP contribution in [0.25, 0.3) is 0 Å². The van der Waals surface area contributed by atoms with Gasteiger partial charge in [-0.05, 0) is 49.8 Å². The summed E-state index contributed by atoms with van der Waals surface area (Å²) >= 11 is 0. The normalized spacial score (nSPS) is 15.0. The summed E-state index contributed by atoms with van der Waals surface area (Å²) in [5.74, 6) is 0. The first kappa shape index (κ1) is 14.1. The fourth-order valence-corrected chi connectivity index (χ4v) is 3.30. The van der Waals surface area contributed by atoms with Crippen LogP contribution in [-0.2, 0) is 19.4 Å². The lowest BCUT2D eigenvalue weighted by Crippen LogP contribution is -2.26. The van der Waals surface area contributed by atoms with Crippen LogP contribution in [0.3, 0.4) is 0 Å². The van der Waals surface area contributed by atoms with E-state index in [1.807, 2.05) is 32.0 Å². The summed E-state index contributed by atoms with van der Waals surface area (Å²) in [5, 5.41) is 10.5. The van der Waals surface area contributed by atoms with E-state index in [2.05, 4.69) is 6.07 Å². The Bertz CT molecular complexity index is 730. The van der Waals surface area contributed by atoms with E-state index in [4.69, 9.17) is 0 Å². The quantitative estimate of drug-likeness (QED) is 0.941. The first-order valence-corrected chi connectivity index (χ1v) is 7.53. The molecule has 0 bridgehead atoms. The number of aliphatic hydroxyl groups is 1. The van der Waals surface area contributed by atoms with Crippen LogP contribution in [0.5, 0.6) is 0 Å². The van der Waals surface area contributed by atoms with Crippen molar-refractivity contribution >= 4 is 0 Å². The van der Waals surface area contributed by atoms with Crippen LogP contribution >= 0.6 is 0 Å². The lowest BCUT2D eigenvalue weighted by molar-refractivity contribution is 0.153. The van der Waals surface area contributed by atoms with E-state index >= 15 is 0 Å². The molecule has 0 amide bonds. The van der Waals surface area contributed by atoms with E-state index in [1.54, 1.807) is 10.6 Å². The first-order chi connectivity index (χ1) is 10.1. The van der Waals surface area contributed by atoms with Gasteiger partial charge in [0.15, 0.2) is 0 Å². The number of hydrogen-bond acceptors (Lipinski definition) is 2. The van der Waals surface area contributed by atoms with Gasteiger partial charge in [-0.3, -0.25) is 4.79 Å². The van der Waals surface area contributed by atoms with Gasteiger partial charge < -0.3 is 9.67 Å². The van der Waals surface area contributed by atoms with Crippen molar-refractivity contribution in [2.75, 3.05) is 0 Å². The molecule has 0 fully saturated rings. The van der Waals surface area contributed by atoms with E-state index < -0.39 is 6.10 Å². The van der Waals surface area contributed by atoms with Crippen molar-refractivity contribution in [1.82, 2.24) is 4.57 Å². The Morgan fingerprint density at radius 1 is 1.19 bits per heavy atom. The Labute approximate surface area is 124 Å². The molecular weight excluding hydrogens is 262 g/mol. The molecular formula is C18H21NO2. The third-order valence-corrected chi connectivity index (χ3v) is 4.39. The van der Waals surface area contributed by atoms with E-state index in [9.17, 15) is 9.90 Å². The average Bonchev–Trinajstić information content (AvgIpc) is 2.90. The largest absolute Gasteiger partial charge is 0.387 e. The number of aliphatic hydroxyl groups excluding tert-OH is 1. The Hall–Kier alpha value is -1.87. The van der Waals surface area contributed by atoms with Crippen molar-refractivity contribution in [3.05, 3.63) is 68.6 Å². The van der Waals surface area contributed by atoms with Crippen LogP contribution in [-0.4, -0.2) is 9.67 Å². The molecule has 0 saturated carbocycles. The number of nitrogens with zero attached hydrogens (tertiary/aromatic N) is 1. The third-order valence-electron chi connectivity index (χ3n) is 4.39. The summed E-state index contributed by atoms with van der Waals surface area (Å²) in [5.41, 5.74) is 5.50. The molecule has 0 aliphatic heterocycles. The maximum Gasteiger partial charge on any atom is 0.250 e. The lowest BCUT2D eigenvalue weighted by Gasteiger charge is -2.18. The number of aryl methyl sites for hydroxylation is 3. The minimum Gasteiger partial charge on any atom is -0.387 e. The second-order valence-electron chi connectivity index (χ2n) is 5.98. The molecule has 1 atom stereocenters. The number of hydrogen-bond donors (Lipinski definition) is 1. The van der Waals surface area contributed by atoms with Crippen LogP contribution < -0.4 is 5.56 Å². The molecule has 0 saturated heterocycles. The van der Waals surface area contributed by atoms with Crippen molar-refractivity contribution in [2.45, 2.75) is 45.8 Å². The van der Waals surface area contributed by atoms with Gasteiger partial charge in [0, 0.05) is 11.8 Å². The average molecular weight is 283 g/mol. The van der Waals surface area contributed by atoms with Gasteiger partial charge in [-0.1, -0.05) is 29.8 Å². The molecule has 0 spiro atoms. The number of rotatable bonds is 3. The van der Waals surface area contributed by atoms with Gasteiger partial charge in [0.25, 0.3) is 5.56 Å². The zero-order valence-electron chi connectivity index (χ0n) is 12.6. The second kappa shape index (κ2) is 5.49. The summed E-state index contributed by atoms with van der Waals surface area (Å²) < 4.78 is 1.76. The van der Waals surface area contributed by atoms with Crippen LogP contribution in [0.15, 0.2) is 35.1 Å². The van der Waals surface area contributed by atoms with Gasteiger partial charge in [-0.2, -0.15) is 0 Å². The third kappa shape index (κ3) is 2.66. The SMILES string of the molecule is Cc1ccc(C(O)Cn2c3c(ccc2=O)CCC3)c(C)c1. The maximum atomic E-state index is 12.1. The highest BCUT2D eigenvalue weighted by Crippen LogP contribution is 2.24. The Morgan fingerprint density at radius 2 is 2.00 bits per heavy atom. The molecule has 2 aromatic rings. The van der Waals surface area contributed by atoms with Gasteiger partial charge in [0.1, 0.15) is 0 Å². The predicted octanol–water partition coefficient (Wildman–Crippen LogP) is 2.69. The molecule has 1 aromatic carbocycles. The Balaban J connectivity index is 1.94. The molecule has 1 N–H and O–H groups in total. The van der Waals surface area contributed by atoms with Crippen molar-refractivity contribution < 1.29 is 5.11 Å². The van der Waals surface area contributed by atoms with Crippen molar-refractivity contribution in [3.63, 3.8) is 0 Å². The molecule has 1 heterocycles. The molecule has 0 radical (unpaired) electrons. The predicted molar refractivity (Wildman–Crippen MR) is 83.6 cm³/mol. The summed E-state index contributed by atoms with van der Waals surface area (Å²) in [6.45, 7) is 4.38. The molecule has 3 heteroatoms. The van der Waals surface area contributed by atoms with Crippen LogP contribution in [0, 0.1) is 13.8 Å². The molecule has 3 nitrogen and oxygen atoms in total. The van der Waals surface area contributed by atoms with Crippen LogP contribution in [0.2, 0.25) is 0 Å². The highest BCUT2D eigenvalue weighted by molar-refractivity contribution is 5.32. The first-order valence-electron chi connectivity index (χ1n) is 7.53. The van der Waals surface area contributed by atoms with Gasteiger partial charge in [0.05, 0.1) is 12.6 Å². The Morgan fingerprint density at radius 3 is 2.76 bits per heavy atom. The van der Waals surface area contributed by atoms with E-state index in [0.29, 0.717) is 6.54 Å². The molecule has 1 aliphatic carbocycles. The zero-order chi connectivity index (χ0) is 15.0. The minimum absolute atomic E-state index is 0.0144. The fraction of sp³-hybridized carbons (Fsp3) is 0.389. The maximum absolute atomic E-state index is 12.1. The summed E-state index contributed by atoms with van der Waals surface area (Å²) in [6, 6.07) is 9.59. The topological polar surface area (TPSA) is 42.2 Å². The van der Waals surface area contributed by atoms with E-state index in [0.717, 1.165) is 36.1 Å². The number of fused-ring (bicyclic) bond motifs is 1. The van der Waals surface area contributed by atoms with Crippen LogP contribution in [0.1, 0.15) is 40.5 Å². The van der Waals surface area contributed by atoms with Crippen molar-refractivity contribution in [3.8, 4) is 0 Å². The molecule has 110 valence electrons. The highest BCUT2D eigenvalue weighted by Gasteiger charge is 2.19. The standard InChI is InChI=1S/C18H21NO2/c1-12-6-8-15(13(2)10-12)17(20)11-19-16-5-3-4-14(16)7-9-18(19)21/h6-10,17,20H,3-5,11H2,1-2H3. The van der Waals surface area contributed by atoms with Gasteiger partial charge in [0.2, 0.25) is 0 Å². The lowest BCUT2D eigenvalue weighted by atomic mass is 10.0. The molecule has 1 aromatic heterocycles. The summed E-state index contributed by atoms with van der Waals surface area (Å²) in [6.07, 6.45) is 2.43. The second-order valence-corrected chi connectivity index (χ2v) is 5.98. The Kier molecular flexibility index (Phi) is 3.68. The molecule has 1 aliphatic rings. The number of aromatic nitrogens is 1. The molecule has 3 rings (SSSR count). The van der Waals surface area contributed by atoms with Crippen LogP contribution in [0.4, 0.5) is 0 Å². The smallest absolute Gasteiger partial charge is 0.250 e. The monoisotopic (exact) mass is 283 g/mol. The van der Waals surface area contributed by atoms with E-state index in [1.165, 1.54) is 11.1 Å². The highest BCUT2D eigenvalue weighted by atomic mass is 16.3. The summed E-state index contributed by atoms with van der Waals surface area (Å²) in [7, 11) is 0. The van der Waals surface area contributed by atoms with E-state index in [-0.39, 0.29) is 5.56 Å². The minimum atomic E-state index is -0.643. The molecule has 21 heavy (non-hydrogen) atoms. The van der Waals surface area contributed by atoms with Crippen molar-refractivity contribution in [1.29, 1.82) is 0 Å². The van der Waals surface area contributed by atoms with Gasteiger partial charge in [-0.15, -0.1) is 0 Å². The summed E-state index contributed by atoms with van der Waals surface area (Å²) in [4.78, 5) is 12.1. The number of benzene rings is 1. The molecule has 1 unspecified atom stereocenters. The van der Waals surface area contributed by atoms with Gasteiger partial charge >= 0.3 is 0 Å². The zero-order valence-corrected chi connectivity index (χ0v) is 12.6. The number of pyridine rings is 1. The van der Waals surface area contributed by atoms with Crippen molar-refractivity contribution in [2.24, 2.45) is 0 Å². The fourth-order valence-electron chi connectivity index (χ4n) is 3.30.